The van der Waals surface area contributed by atoms with Crippen LogP contribution in [0.15, 0.2) is 65.5 Å². The van der Waals surface area contributed by atoms with Gasteiger partial charge in [0.15, 0.2) is 0 Å². The van der Waals surface area contributed by atoms with Crippen LogP contribution in [0.4, 0.5) is 17.1 Å². The molecule has 2 aliphatic rings. The summed E-state index contributed by atoms with van der Waals surface area (Å²) in [6, 6.07) is 16.9. The Hall–Kier alpha value is -4.14. The van der Waals surface area contributed by atoms with E-state index in [1.807, 2.05) is 22.5 Å². The molecule has 3 heterocycles. The van der Waals surface area contributed by atoms with Crippen molar-refractivity contribution in [2.75, 3.05) is 29.9 Å². The number of aromatic nitrogens is 1. The number of rotatable bonds is 6. The van der Waals surface area contributed by atoms with Gasteiger partial charge in [-0.05, 0) is 61.7 Å². The zero-order valence-electron chi connectivity index (χ0n) is 19.3. The van der Waals surface area contributed by atoms with Crippen molar-refractivity contribution in [3.05, 3.63) is 92.4 Å². The van der Waals surface area contributed by atoms with E-state index in [-0.39, 0.29) is 28.6 Å². The first kappa shape index (κ1) is 22.6. The van der Waals surface area contributed by atoms with E-state index in [1.54, 1.807) is 48.5 Å². The molecule has 0 saturated carbocycles. The molecule has 3 aromatic rings. The van der Waals surface area contributed by atoms with E-state index >= 15 is 0 Å². The molecule has 1 amide bonds. The summed E-state index contributed by atoms with van der Waals surface area (Å²) in [5.41, 5.74) is 2.15. The number of amides is 1. The normalized spacial score (nSPS) is 18.5. The summed E-state index contributed by atoms with van der Waals surface area (Å²) in [6.45, 7) is 4.25. The van der Waals surface area contributed by atoms with E-state index in [1.165, 1.54) is 6.07 Å². The summed E-state index contributed by atoms with van der Waals surface area (Å²) in [4.78, 5) is 38.6. The number of fused-ring (bicyclic) bond motifs is 4. The minimum Gasteiger partial charge on any atom is -0.494 e. The number of piperidine rings is 1. The van der Waals surface area contributed by atoms with Crippen molar-refractivity contribution >= 4 is 23.0 Å². The van der Waals surface area contributed by atoms with Crippen LogP contribution in [-0.4, -0.2) is 35.1 Å². The van der Waals surface area contributed by atoms with Crippen LogP contribution in [0, 0.1) is 16.0 Å². The fourth-order valence-corrected chi connectivity index (χ4v) is 5.18. The number of benzene rings is 2. The van der Waals surface area contributed by atoms with E-state index in [9.17, 15) is 19.7 Å². The van der Waals surface area contributed by atoms with Crippen LogP contribution in [0.2, 0.25) is 0 Å². The largest absolute Gasteiger partial charge is 0.494 e. The lowest BCUT2D eigenvalue weighted by molar-refractivity contribution is -0.384. The number of nitrogens with zero attached hydrogens (tertiary/aromatic N) is 3. The van der Waals surface area contributed by atoms with Crippen LogP contribution in [0.3, 0.4) is 0 Å². The molecule has 9 heteroatoms. The Balaban J connectivity index is 1.38. The van der Waals surface area contributed by atoms with E-state index in [2.05, 4.69) is 5.32 Å². The summed E-state index contributed by atoms with van der Waals surface area (Å²) in [5, 5.41) is 14.8. The summed E-state index contributed by atoms with van der Waals surface area (Å²) in [7, 11) is 0. The number of carbonyl (C=O) groups is 1. The van der Waals surface area contributed by atoms with Gasteiger partial charge in [-0.3, -0.25) is 19.7 Å². The lowest BCUT2D eigenvalue weighted by Gasteiger charge is -2.43. The predicted octanol–water partition coefficient (Wildman–Crippen LogP) is 4.03. The van der Waals surface area contributed by atoms with Gasteiger partial charge in [0, 0.05) is 54.6 Å². The van der Waals surface area contributed by atoms with Crippen molar-refractivity contribution in [2.24, 2.45) is 5.92 Å². The number of anilines is 2. The molecule has 1 aromatic heterocycles. The van der Waals surface area contributed by atoms with Gasteiger partial charge >= 0.3 is 0 Å². The molecule has 5 rings (SSSR count). The fraction of sp³-hybridized carbons (Fsp3) is 0.308. The molecule has 2 unspecified atom stereocenters. The third-order valence-electron chi connectivity index (χ3n) is 6.68. The van der Waals surface area contributed by atoms with E-state index in [4.69, 9.17) is 4.74 Å². The molecule has 1 N–H and O–H groups in total. The highest BCUT2D eigenvalue weighted by molar-refractivity contribution is 6.05. The Morgan fingerprint density at radius 2 is 1.91 bits per heavy atom. The SMILES string of the molecule is CCOc1ccc(NC(=O)c2ccc(N3CC4CC(C3)c3cccc(=O)n3C4)c([N+](=O)[O-])c2)cc1. The Morgan fingerprint density at radius 3 is 2.66 bits per heavy atom. The maximum Gasteiger partial charge on any atom is 0.293 e. The summed E-state index contributed by atoms with van der Waals surface area (Å²) < 4.78 is 7.24. The molecule has 2 bridgehead atoms. The maximum atomic E-state index is 12.8. The number of hydrogen-bond acceptors (Lipinski definition) is 6. The summed E-state index contributed by atoms with van der Waals surface area (Å²) in [5.74, 6) is 0.624. The van der Waals surface area contributed by atoms with Gasteiger partial charge in [-0.1, -0.05) is 6.07 Å². The van der Waals surface area contributed by atoms with Gasteiger partial charge < -0.3 is 19.5 Å². The van der Waals surface area contributed by atoms with E-state index in [0.717, 1.165) is 12.1 Å². The van der Waals surface area contributed by atoms with Crippen LogP contribution >= 0.6 is 0 Å². The van der Waals surface area contributed by atoms with Crippen molar-refractivity contribution < 1.29 is 14.5 Å². The van der Waals surface area contributed by atoms with Gasteiger partial charge in [-0.2, -0.15) is 0 Å². The first-order valence-electron chi connectivity index (χ1n) is 11.7. The second-order valence-electron chi connectivity index (χ2n) is 8.98. The molecular formula is C26H26N4O5. The first-order chi connectivity index (χ1) is 16.9. The highest BCUT2D eigenvalue weighted by Gasteiger charge is 2.36. The number of hydrogen-bond donors (Lipinski definition) is 1. The Morgan fingerprint density at radius 1 is 1.11 bits per heavy atom. The third kappa shape index (κ3) is 4.49. The van der Waals surface area contributed by atoms with Crippen LogP contribution < -0.4 is 20.5 Å². The smallest absolute Gasteiger partial charge is 0.293 e. The maximum absolute atomic E-state index is 12.8. The Kier molecular flexibility index (Phi) is 5.98. The topological polar surface area (TPSA) is 107 Å². The number of pyridine rings is 1. The van der Waals surface area contributed by atoms with E-state index in [0.29, 0.717) is 43.4 Å². The molecule has 35 heavy (non-hydrogen) atoms. The van der Waals surface area contributed by atoms with Crippen molar-refractivity contribution in [1.82, 2.24) is 4.57 Å². The summed E-state index contributed by atoms with van der Waals surface area (Å²) in [6.07, 6.45) is 0.955. The fourth-order valence-electron chi connectivity index (χ4n) is 5.18. The second-order valence-corrected chi connectivity index (χ2v) is 8.98. The second kappa shape index (κ2) is 9.25. The molecule has 9 nitrogen and oxygen atoms in total. The summed E-state index contributed by atoms with van der Waals surface area (Å²) >= 11 is 0. The lowest BCUT2D eigenvalue weighted by Crippen LogP contribution is -2.47. The van der Waals surface area contributed by atoms with Crippen LogP contribution in [0.25, 0.3) is 0 Å². The highest BCUT2D eigenvalue weighted by atomic mass is 16.6. The molecule has 0 aliphatic carbocycles. The standard InChI is InChI=1S/C26H26N4O5/c1-2-35-21-9-7-20(8-10-21)27-26(32)18-6-11-23(24(13-18)30(33)34)28-14-17-12-19(16-28)22-4-3-5-25(31)29(22)15-17/h3-11,13,17,19H,2,12,14-16H2,1H3,(H,27,32). The number of carbonyl (C=O) groups excluding carboxylic acids is 1. The number of nitro groups is 1. The van der Waals surface area contributed by atoms with Gasteiger partial charge in [0.2, 0.25) is 0 Å². The predicted molar refractivity (Wildman–Crippen MR) is 132 cm³/mol. The highest BCUT2D eigenvalue weighted by Crippen LogP contribution is 2.39. The van der Waals surface area contributed by atoms with Gasteiger partial charge in [-0.25, -0.2) is 0 Å². The Labute approximate surface area is 202 Å². The molecule has 2 aliphatic heterocycles. The van der Waals surface area contributed by atoms with Gasteiger partial charge in [-0.15, -0.1) is 0 Å². The molecule has 2 aromatic carbocycles. The minimum atomic E-state index is -0.439. The molecule has 1 fully saturated rings. The van der Waals surface area contributed by atoms with Crippen molar-refractivity contribution in [1.29, 1.82) is 0 Å². The average molecular weight is 475 g/mol. The molecular weight excluding hydrogens is 448 g/mol. The third-order valence-corrected chi connectivity index (χ3v) is 6.68. The monoisotopic (exact) mass is 474 g/mol. The van der Waals surface area contributed by atoms with Crippen molar-refractivity contribution in [2.45, 2.75) is 25.8 Å². The van der Waals surface area contributed by atoms with Crippen LogP contribution in [-0.2, 0) is 6.54 Å². The van der Waals surface area contributed by atoms with Gasteiger partial charge in [0.25, 0.3) is 17.2 Å². The number of nitrogens with one attached hydrogen (secondary N) is 1. The first-order valence-corrected chi connectivity index (χ1v) is 11.7. The number of nitro benzene ring substituents is 1. The molecule has 2 atom stereocenters. The quantitative estimate of drug-likeness (QED) is 0.427. The average Bonchev–Trinajstić information content (AvgIpc) is 2.85. The zero-order chi connectivity index (χ0) is 24.5. The molecule has 0 spiro atoms. The molecule has 0 radical (unpaired) electrons. The van der Waals surface area contributed by atoms with E-state index < -0.39 is 10.8 Å². The van der Waals surface area contributed by atoms with Gasteiger partial charge in [0.05, 0.1) is 11.5 Å². The van der Waals surface area contributed by atoms with Crippen LogP contribution in [0.5, 0.6) is 5.75 Å². The van der Waals surface area contributed by atoms with Crippen molar-refractivity contribution in [3.63, 3.8) is 0 Å². The zero-order valence-corrected chi connectivity index (χ0v) is 19.3. The van der Waals surface area contributed by atoms with Gasteiger partial charge in [0.1, 0.15) is 11.4 Å². The Bertz CT molecular complexity index is 1330. The number of ether oxygens (including phenoxy) is 1. The lowest BCUT2D eigenvalue weighted by atomic mass is 9.83. The van der Waals surface area contributed by atoms with Crippen molar-refractivity contribution in [3.8, 4) is 5.75 Å². The molecule has 180 valence electrons. The molecule has 1 saturated heterocycles. The van der Waals surface area contributed by atoms with Crippen LogP contribution in [0.1, 0.15) is 35.3 Å². The minimum absolute atomic E-state index is 0.000440.